The lowest BCUT2D eigenvalue weighted by Gasteiger charge is -2.33. The smallest absolute Gasteiger partial charge is 0.323 e. The minimum absolute atomic E-state index is 0.102. The Hall–Kier alpha value is -2.76. The molecule has 10 nitrogen and oxygen atoms in total. The summed E-state index contributed by atoms with van der Waals surface area (Å²) in [6.45, 7) is 5.63. The molecule has 0 saturated carbocycles. The number of hydrogen-bond acceptors (Lipinski definition) is 8. The molecule has 192 valence electrons. The van der Waals surface area contributed by atoms with Gasteiger partial charge in [0.25, 0.3) is 0 Å². The number of aromatic nitrogens is 4. The molecule has 3 fully saturated rings. The highest BCUT2D eigenvalue weighted by Gasteiger charge is 2.41. The van der Waals surface area contributed by atoms with Crippen LogP contribution in [0.15, 0.2) is 18.6 Å². The third-order valence-corrected chi connectivity index (χ3v) is 8.81. The minimum atomic E-state index is -0.102. The molecule has 0 aromatic carbocycles. The molecule has 0 bridgehead atoms. The Kier molecular flexibility index (Phi) is 6.53. The number of hydrogen-bond donors (Lipinski definition) is 1. The Bertz CT molecular complexity index is 1230. The van der Waals surface area contributed by atoms with Gasteiger partial charge in [-0.3, -0.25) is 10.00 Å². The fourth-order valence-electron chi connectivity index (χ4n) is 5.59. The van der Waals surface area contributed by atoms with E-state index in [-0.39, 0.29) is 11.4 Å². The Morgan fingerprint density at radius 3 is 2.81 bits per heavy atom. The molecule has 3 aromatic heterocycles. The van der Waals surface area contributed by atoms with E-state index >= 15 is 0 Å². The Balaban J connectivity index is 1.21. The van der Waals surface area contributed by atoms with Crippen LogP contribution in [0.2, 0.25) is 0 Å². The van der Waals surface area contributed by atoms with E-state index in [4.69, 9.17) is 19.2 Å². The van der Waals surface area contributed by atoms with E-state index in [9.17, 15) is 4.79 Å². The van der Waals surface area contributed by atoms with E-state index in [2.05, 4.69) is 21.6 Å². The molecule has 1 spiro atoms. The largest absolute Gasteiger partial charge is 0.479 e. The number of carbonyl (C=O) groups excluding carboxylic acids is 1. The molecule has 6 rings (SSSR count). The van der Waals surface area contributed by atoms with Gasteiger partial charge in [0.2, 0.25) is 5.88 Å². The second-order valence-electron chi connectivity index (χ2n) is 10.1. The number of likely N-dealkylation sites (tertiary alicyclic amines) is 1. The summed E-state index contributed by atoms with van der Waals surface area (Å²) in [4.78, 5) is 24.2. The Morgan fingerprint density at radius 2 is 2.00 bits per heavy atom. The third-order valence-electron chi connectivity index (χ3n) is 7.80. The Morgan fingerprint density at radius 1 is 1.19 bits per heavy atom. The lowest BCUT2D eigenvalue weighted by atomic mass is 9.80. The standard InChI is InChI=1S/C25H32N6O4S/c1-33-22-20-21(19(13-26-22)18-12-27-31(15-18)14-17-2-8-34-9-3-17)36-23(28-20)29-24(32)30-7-4-25(16-30)5-10-35-11-6-25/h12-13,15,17H,2-11,14,16H2,1H3,(H,28,29,32). The average molecular weight is 513 g/mol. The summed E-state index contributed by atoms with van der Waals surface area (Å²) in [7, 11) is 1.59. The number of anilines is 1. The van der Waals surface area contributed by atoms with Crippen molar-refractivity contribution in [2.75, 3.05) is 51.9 Å². The Labute approximate surface area is 213 Å². The summed E-state index contributed by atoms with van der Waals surface area (Å²) < 4.78 is 19.4. The molecular formula is C25H32N6O4S. The van der Waals surface area contributed by atoms with Crippen LogP contribution in [-0.2, 0) is 16.0 Å². The predicted octanol–water partition coefficient (Wildman–Crippen LogP) is 4.02. The van der Waals surface area contributed by atoms with Crippen LogP contribution in [0.1, 0.15) is 32.1 Å². The zero-order valence-corrected chi connectivity index (χ0v) is 21.4. The molecule has 0 atom stereocenters. The average Bonchev–Trinajstić information content (AvgIpc) is 3.64. The third kappa shape index (κ3) is 4.67. The highest BCUT2D eigenvalue weighted by molar-refractivity contribution is 7.23. The molecule has 3 aromatic rings. The van der Waals surface area contributed by atoms with Crippen molar-refractivity contribution in [2.24, 2.45) is 11.3 Å². The fourth-order valence-corrected chi connectivity index (χ4v) is 6.57. The van der Waals surface area contributed by atoms with Gasteiger partial charge in [-0.05, 0) is 43.4 Å². The second-order valence-corrected chi connectivity index (χ2v) is 11.1. The number of thiazole rings is 1. The van der Waals surface area contributed by atoms with E-state index in [0.717, 1.165) is 94.0 Å². The van der Waals surface area contributed by atoms with E-state index in [0.29, 0.717) is 22.4 Å². The van der Waals surface area contributed by atoms with Gasteiger partial charge in [-0.15, -0.1) is 0 Å². The minimum Gasteiger partial charge on any atom is -0.479 e. The van der Waals surface area contributed by atoms with Gasteiger partial charge in [-0.1, -0.05) is 11.3 Å². The van der Waals surface area contributed by atoms with Crippen LogP contribution >= 0.6 is 11.3 Å². The second kappa shape index (κ2) is 9.95. The van der Waals surface area contributed by atoms with Gasteiger partial charge in [-0.25, -0.2) is 14.8 Å². The summed E-state index contributed by atoms with van der Waals surface area (Å²) >= 11 is 1.44. The topological polar surface area (TPSA) is 104 Å². The van der Waals surface area contributed by atoms with Crippen molar-refractivity contribution in [1.82, 2.24) is 24.6 Å². The SMILES string of the molecule is COc1ncc(-c2cnn(CC3CCOCC3)c2)c2sc(NC(=O)N3CCC4(CCOCC4)C3)nc12. The first kappa shape index (κ1) is 23.6. The van der Waals surface area contributed by atoms with Crippen LogP contribution in [0.5, 0.6) is 5.88 Å². The maximum absolute atomic E-state index is 13.1. The number of rotatable bonds is 5. The van der Waals surface area contributed by atoms with Gasteiger partial charge in [0.05, 0.1) is 18.0 Å². The van der Waals surface area contributed by atoms with Gasteiger partial charge in [0.15, 0.2) is 5.13 Å². The number of pyridine rings is 1. The molecule has 1 N–H and O–H groups in total. The molecule has 36 heavy (non-hydrogen) atoms. The van der Waals surface area contributed by atoms with Gasteiger partial charge in [0, 0.05) is 69.6 Å². The lowest BCUT2D eigenvalue weighted by Crippen LogP contribution is -2.37. The summed E-state index contributed by atoms with van der Waals surface area (Å²) in [5.41, 5.74) is 2.76. The number of nitrogens with zero attached hydrogens (tertiary/aromatic N) is 5. The van der Waals surface area contributed by atoms with Crippen molar-refractivity contribution in [2.45, 2.75) is 38.6 Å². The number of urea groups is 1. The quantitative estimate of drug-likeness (QED) is 0.551. The van der Waals surface area contributed by atoms with E-state index in [1.165, 1.54) is 11.3 Å². The van der Waals surface area contributed by atoms with Crippen LogP contribution in [0.25, 0.3) is 21.3 Å². The molecule has 3 saturated heterocycles. The van der Waals surface area contributed by atoms with Gasteiger partial charge < -0.3 is 19.1 Å². The van der Waals surface area contributed by atoms with Crippen molar-refractivity contribution in [3.63, 3.8) is 0 Å². The summed E-state index contributed by atoms with van der Waals surface area (Å²) in [5.74, 6) is 1.03. The number of methoxy groups -OCH3 is 1. The molecule has 0 unspecified atom stereocenters. The highest BCUT2D eigenvalue weighted by Crippen LogP contribution is 2.41. The van der Waals surface area contributed by atoms with Crippen molar-refractivity contribution in [3.8, 4) is 17.0 Å². The molecule has 6 heterocycles. The summed E-state index contributed by atoms with van der Waals surface area (Å²) in [5, 5.41) is 8.18. The number of ether oxygens (including phenoxy) is 3. The van der Waals surface area contributed by atoms with E-state index < -0.39 is 0 Å². The highest BCUT2D eigenvalue weighted by atomic mass is 32.1. The number of carbonyl (C=O) groups is 1. The van der Waals surface area contributed by atoms with Crippen LogP contribution in [-0.4, -0.2) is 77.3 Å². The van der Waals surface area contributed by atoms with Crippen molar-refractivity contribution in [1.29, 1.82) is 0 Å². The molecule has 3 aliphatic heterocycles. The van der Waals surface area contributed by atoms with Crippen molar-refractivity contribution < 1.29 is 19.0 Å². The summed E-state index contributed by atoms with van der Waals surface area (Å²) in [6, 6.07) is -0.102. The lowest BCUT2D eigenvalue weighted by molar-refractivity contribution is 0.0211. The summed E-state index contributed by atoms with van der Waals surface area (Å²) in [6.07, 6.45) is 10.9. The van der Waals surface area contributed by atoms with Crippen molar-refractivity contribution >= 4 is 32.7 Å². The van der Waals surface area contributed by atoms with Gasteiger partial charge >= 0.3 is 6.03 Å². The number of nitrogens with one attached hydrogen (secondary N) is 1. The first-order valence-corrected chi connectivity index (χ1v) is 13.5. The van der Waals surface area contributed by atoms with Crippen molar-refractivity contribution in [3.05, 3.63) is 18.6 Å². The fraction of sp³-hybridized carbons (Fsp3) is 0.600. The van der Waals surface area contributed by atoms with Crippen LogP contribution in [0, 0.1) is 11.3 Å². The molecule has 11 heteroatoms. The van der Waals surface area contributed by atoms with Crippen LogP contribution in [0.3, 0.4) is 0 Å². The number of amides is 2. The van der Waals surface area contributed by atoms with Gasteiger partial charge in [-0.2, -0.15) is 5.10 Å². The number of fused-ring (bicyclic) bond motifs is 1. The van der Waals surface area contributed by atoms with Crippen LogP contribution in [0.4, 0.5) is 9.93 Å². The van der Waals surface area contributed by atoms with E-state index in [1.54, 1.807) is 13.3 Å². The maximum atomic E-state index is 13.1. The molecule has 0 radical (unpaired) electrons. The van der Waals surface area contributed by atoms with Gasteiger partial charge in [0.1, 0.15) is 5.52 Å². The molecule has 3 aliphatic rings. The normalized spacial score (nSPS) is 20.3. The molecular weight excluding hydrogens is 480 g/mol. The zero-order chi connectivity index (χ0) is 24.5. The molecule has 0 aliphatic carbocycles. The van der Waals surface area contributed by atoms with Crippen LogP contribution < -0.4 is 10.1 Å². The van der Waals surface area contributed by atoms with E-state index in [1.807, 2.05) is 15.8 Å². The monoisotopic (exact) mass is 512 g/mol. The first-order valence-electron chi connectivity index (χ1n) is 12.7. The molecule has 2 amide bonds. The zero-order valence-electron chi connectivity index (χ0n) is 20.6. The maximum Gasteiger partial charge on any atom is 0.323 e. The predicted molar refractivity (Wildman–Crippen MR) is 136 cm³/mol. The first-order chi connectivity index (χ1) is 17.6.